The number of aliphatic hydroxyl groups is 2. The Hall–Kier alpha value is -1.17. The lowest BCUT2D eigenvalue weighted by Crippen LogP contribution is -2.42. The van der Waals surface area contributed by atoms with Crippen LogP contribution in [0.15, 0.2) is 25.3 Å². The minimum Gasteiger partial charge on any atom is -0.456 e. The van der Waals surface area contributed by atoms with Crippen molar-refractivity contribution in [1.29, 1.82) is 0 Å². The van der Waals surface area contributed by atoms with Crippen LogP contribution in [0.1, 0.15) is 20.3 Å². The van der Waals surface area contributed by atoms with Crippen molar-refractivity contribution in [3.63, 3.8) is 0 Å². The normalized spacial score (nSPS) is 16.3. The van der Waals surface area contributed by atoms with E-state index in [0.29, 0.717) is 0 Å². The maximum Gasteiger partial charge on any atom is 0.330 e. The van der Waals surface area contributed by atoms with Gasteiger partial charge in [-0.15, -0.1) is 6.58 Å². The third-order valence-electron chi connectivity index (χ3n) is 2.84. The summed E-state index contributed by atoms with van der Waals surface area (Å²) in [7, 11) is 1.51. The quantitative estimate of drug-likeness (QED) is 0.373. The second-order valence-electron chi connectivity index (χ2n) is 4.96. The van der Waals surface area contributed by atoms with Crippen molar-refractivity contribution < 1.29 is 24.5 Å². The second kappa shape index (κ2) is 8.09. The zero-order valence-electron chi connectivity index (χ0n) is 11.8. The van der Waals surface area contributed by atoms with Crippen molar-refractivity contribution in [2.75, 3.05) is 13.7 Å². The molecule has 0 bridgehead atoms. The van der Waals surface area contributed by atoms with Gasteiger partial charge in [-0.25, -0.2) is 4.79 Å². The lowest BCUT2D eigenvalue weighted by molar-refractivity contribution is -0.159. The molecule has 2 N–H and O–H groups in total. The molecule has 3 atom stereocenters. The summed E-state index contributed by atoms with van der Waals surface area (Å²) < 4.78 is 10.1. The van der Waals surface area contributed by atoms with E-state index in [4.69, 9.17) is 9.47 Å². The smallest absolute Gasteiger partial charge is 0.330 e. The van der Waals surface area contributed by atoms with Gasteiger partial charge in [0.25, 0.3) is 0 Å². The average Bonchev–Trinajstić information content (AvgIpc) is 2.34. The Bertz CT molecular complexity index is 305. The maximum absolute atomic E-state index is 11.3. The van der Waals surface area contributed by atoms with E-state index in [1.165, 1.54) is 27.0 Å². The Labute approximate surface area is 114 Å². The van der Waals surface area contributed by atoms with E-state index in [0.717, 1.165) is 6.08 Å². The van der Waals surface area contributed by atoms with Crippen molar-refractivity contribution in [3.05, 3.63) is 25.3 Å². The molecular formula is C14H24O5. The number of ether oxygens (including phenoxy) is 2. The van der Waals surface area contributed by atoms with Gasteiger partial charge in [0.2, 0.25) is 0 Å². The van der Waals surface area contributed by atoms with Crippen molar-refractivity contribution in [2.45, 2.75) is 38.1 Å². The molecule has 0 spiro atoms. The number of hydrogen-bond acceptors (Lipinski definition) is 5. The Balaban J connectivity index is 4.89. The molecule has 0 radical (unpaired) electrons. The van der Waals surface area contributed by atoms with Crippen LogP contribution in [0.5, 0.6) is 0 Å². The van der Waals surface area contributed by atoms with E-state index >= 15 is 0 Å². The molecule has 110 valence electrons. The standard InChI is InChI=1S/C14H24O5/c1-6-11(15)10(9-18-5)8-12(14(3,4)17)19-13(16)7-2/h6-7,10-12,15,17H,1-2,8-9H2,3-5H3. The monoisotopic (exact) mass is 272 g/mol. The van der Waals surface area contributed by atoms with Gasteiger partial charge >= 0.3 is 5.97 Å². The molecule has 0 amide bonds. The number of methoxy groups -OCH3 is 1. The van der Waals surface area contributed by atoms with Gasteiger partial charge in [-0.3, -0.25) is 0 Å². The third kappa shape index (κ3) is 6.52. The summed E-state index contributed by atoms with van der Waals surface area (Å²) in [6, 6.07) is 0. The number of hydrogen-bond donors (Lipinski definition) is 2. The summed E-state index contributed by atoms with van der Waals surface area (Å²) in [6.45, 7) is 10.2. The fraction of sp³-hybridized carbons (Fsp3) is 0.643. The minimum absolute atomic E-state index is 0.254. The molecular weight excluding hydrogens is 248 g/mol. The zero-order chi connectivity index (χ0) is 15.1. The van der Waals surface area contributed by atoms with Crippen LogP contribution < -0.4 is 0 Å². The molecule has 0 heterocycles. The first-order valence-electron chi connectivity index (χ1n) is 6.11. The van der Waals surface area contributed by atoms with Gasteiger partial charge in [-0.2, -0.15) is 0 Å². The zero-order valence-corrected chi connectivity index (χ0v) is 11.8. The molecule has 0 aliphatic carbocycles. The Kier molecular flexibility index (Phi) is 7.59. The molecule has 0 aromatic carbocycles. The van der Waals surface area contributed by atoms with Crippen LogP contribution in [0, 0.1) is 5.92 Å². The van der Waals surface area contributed by atoms with Crippen LogP contribution in [0.3, 0.4) is 0 Å². The van der Waals surface area contributed by atoms with E-state index in [1.54, 1.807) is 0 Å². The maximum atomic E-state index is 11.3. The van der Waals surface area contributed by atoms with E-state index < -0.39 is 23.8 Å². The van der Waals surface area contributed by atoms with E-state index in [9.17, 15) is 15.0 Å². The van der Waals surface area contributed by atoms with Crippen LogP contribution in [-0.4, -0.2) is 47.7 Å². The van der Waals surface area contributed by atoms with Gasteiger partial charge < -0.3 is 19.7 Å². The fourth-order valence-corrected chi connectivity index (χ4v) is 1.66. The van der Waals surface area contributed by atoms with Crippen LogP contribution in [-0.2, 0) is 14.3 Å². The first-order valence-corrected chi connectivity index (χ1v) is 6.11. The van der Waals surface area contributed by atoms with Gasteiger partial charge in [0, 0.05) is 19.1 Å². The van der Waals surface area contributed by atoms with Gasteiger partial charge in [0.05, 0.1) is 18.3 Å². The minimum atomic E-state index is -1.23. The molecule has 0 aromatic rings. The second-order valence-corrected chi connectivity index (χ2v) is 4.96. The SMILES string of the molecule is C=CC(=O)OC(CC(COC)C(O)C=C)C(C)(C)O. The van der Waals surface area contributed by atoms with Crippen molar-refractivity contribution in [2.24, 2.45) is 5.92 Å². The molecule has 0 aliphatic heterocycles. The fourth-order valence-electron chi connectivity index (χ4n) is 1.66. The van der Waals surface area contributed by atoms with Gasteiger partial charge in [-0.1, -0.05) is 12.7 Å². The number of carbonyl (C=O) groups is 1. The summed E-state index contributed by atoms with van der Waals surface area (Å²) in [5.74, 6) is -0.937. The lowest BCUT2D eigenvalue weighted by atomic mass is 9.89. The Morgan fingerprint density at radius 2 is 2.00 bits per heavy atom. The molecule has 5 heteroatoms. The summed E-state index contributed by atoms with van der Waals surface area (Å²) in [6.07, 6.45) is 1.11. The first-order chi connectivity index (χ1) is 8.76. The molecule has 0 aliphatic rings. The highest BCUT2D eigenvalue weighted by Gasteiger charge is 2.34. The predicted octanol–water partition coefficient (Wildman–Crippen LogP) is 1.05. The Morgan fingerprint density at radius 1 is 1.42 bits per heavy atom. The topological polar surface area (TPSA) is 76.0 Å². The summed E-state index contributed by atoms with van der Waals surface area (Å²) in [5.41, 5.74) is -1.23. The largest absolute Gasteiger partial charge is 0.456 e. The van der Waals surface area contributed by atoms with E-state index in [1.807, 2.05) is 0 Å². The first kappa shape index (κ1) is 17.8. The summed E-state index contributed by atoms with van der Waals surface area (Å²) in [5, 5.41) is 19.8. The molecule has 0 fully saturated rings. The van der Waals surface area contributed by atoms with Crippen molar-refractivity contribution in [3.8, 4) is 0 Å². The van der Waals surface area contributed by atoms with Crippen LogP contribution in [0.25, 0.3) is 0 Å². The molecule has 0 aromatic heterocycles. The van der Waals surface area contributed by atoms with Crippen molar-refractivity contribution in [1.82, 2.24) is 0 Å². The average molecular weight is 272 g/mol. The molecule has 19 heavy (non-hydrogen) atoms. The lowest BCUT2D eigenvalue weighted by Gasteiger charge is -2.32. The van der Waals surface area contributed by atoms with Gasteiger partial charge in [0.1, 0.15) is 6.10 Å². The highest BCUT2D eigenvalue weighted by Crippen LogP contribution is 2.23. The van der Waals surface area contributed by atoms with Gasteiger partial charge in [0.15, 0.2) is 0 Å². The highest BCUT2D eigenvalue weighted by molar-refractivity contribution is 5.81. The summed E-state index contributed by atoms with van der Waals surface area (Å²) in [4.78, 5) is 11.3. The molecule has 0 saturated heterocycles. The molecule has 0 saturated carbocycles. The Morgan fingerprint density at radius 3 is 2.37 bits per heavy atom. The molecule has 5 nitrogen and oxygen atoms in total. The molecule has 3 unspecified atom stereocenters. The van der Waals surface area contributed by atoms with Crippen LogP contribution in [0.4, 0.5) is 0 Å². The number of esters is 1. The van der Waals surface area contributed by atoms with Crippen molar-refractivity contribution >= 4 is 5.97 Å². The number of rotatable bonds is 9. The van der Waals surface area contributed by atoms with Crippen LogP contribution >= 0.6 is 0 Å². The number of aliphatic hydroxyl groups excluding tert-OH is 1. The van der Waals surface area contributed by atoms with Crippen LogP contribution in [0.2, 0.25) is 0 Å². The predicted molar refractivity (Wildman–Crippen MR) is 72.6 cm³/mol. The van der Waals surface area contributed by atoms with E-state index in [2.05, 4.69) is 13.2 Å². The van der Waals surface area contributed by atoms with Gasteiger partial charge in [-0.05, 0) is 20.3 Å². The summed E-state index contributed by atoms with van der Waals surface area (Å²) >= 11 is 0. The third-order valence-corrected chi connectivity index (χ3v) is 2.84. The van der Waals surface area contributed by atoms with E-state index in [-0.39, 0.29) is 18.9 Å². The number of carbonyl (C=O) groups excluding carboxylic acids is 1. The molecule has 0 rings (SSSR count). The highest BCUT2D eigenvalue weighted by atomic mass is 16.6.